The first kappa shape index (κ1) is 26.2. The van der Waals surface area contributed by atoms with Gasteiger partial charge in [-0.15, -0.1) is 0 Å². The molecule has 1 heterocycles. The highest BCUT2D eigenvalue weighted by Crippen LogP contribution is 2.37. The van der Waals surface area contributed by atoms with Gasteiger partial charge in [0.05, 0.1) is 40.4 Å². The molecule has 0 atom stereocenters. The van der Waals surface area contributed by atoms with Crippen molar-refractivity contribution in [3.63, 3.8) is 0 Å². The van der Waals surface area contributed by atoms with Crippen LogP contribution in [0.3, 0.4) is 0 Å². The van der Waals surface area contributed by atoms with Gasteiger partial charge in [0, 0.05) is 17.0 Å². The number of nitro groups is 2. The number of rotatable bonds is 11. The van der Waals surface area contributed by atoms with E-state index in [9.17, 15) is 29.8 Å². The number of esters is 2. The minimum Gasteiger partial charge on any atom is -0.462 e. The molecular formula is C25H25N3O8. The summed E-state index contributed by atoms with van der Waals surface area (Å²) in [5, 5.41) is 23.2. The quantitative estimate of drug-likeness (QED) is 0.142. The molecule has 3 aromatic rings. The highest BCUT2D eigenvalue weighted by molar-refractivity contribution is 6.16. The van der Waals surface area contributed by atoms with Crippen molar-refractivity contribution in [1.29, 1.82) is 0 Å². The number of hydrogen-bond acceptors (Lipinski definition) is 9. The molecule has 0 unspecified atom stereocenters. The molecule has 3 rings (SSSR count). The van der Waals surface area contributed by atoms with Gasteiger partial charge in [-0.25, -0.2) is 14.6 Å². The van der Waals surface area contributed by atoms with Crippen molar-refractivity contribution in [2.75, 3.05) is 13.2 Å². The van der Waals surface area contributed by atoms with E-state index in [4.69, 9.17) is 9.47 Å². The van der Waals surface area contributed by atoms with Crippen molar-refractivity contribution in [1.82, 2.24) is 4.98 Å². The third-order valence-corrected chi connectivity index (χ3v) is 5.38. The van der Waals surface area contributed by atoms with Gasteiger partial charge in [0.1, 0.15) is 11.1 Å². The van der Waals surface area contributed by atoms with Gasteiger partial charge in [0.25, 0.3) is 5.69 Å². The fraction of sp³-hybridized carbons (Fsp3) is 0.320. The second-order valence-electron chi connectivity index (χ2n) is 7.93. The zero-order chi connectivity index (χ0) is 26.2. The standard InChI is InChI=1S/C25H25N3O8/c1-3-5-12-35-24(29)20-18-14-17(27(31)32)15-19(28(33)34)23(18)26-22(16-10-8-7-9-11-16)21(20)25(30)36-13-6-4-2/h7-11,14-15H,3-6,12-13H2,1-2H3. The number of non-ortho nitro benzene ring substituents is 2. The summed E-state index contributed by atoms with van der Waals surface area (Å²) in [5.74, 6) is -1.83. The van der Waals surface area contributed by atoms with Gasteiger partial charge >= 0.3 is 17.6 Å². The first-order valence-electron chi connectivity index (χ1n) is 11.5. The smallest absolute Gasteiger partial charge is 0.341 e. The lowest BCUT2D eigenvalue weighted by molar-refractivity contribution is -0.393. The van der Waals surface area contributed by atoms with E-state index >= 15 is 0 Å². The van der Waals surface area contributed by atoms with Crippen molar-refractivity contribution in [3.8, 4) is 11.3 Å². The summed E-state index contributed by atoms with van der Waals surface area (Å²) in [5.41, 5.74) is -1.83. The Balaban J connectivity index is 2.45. The van der Waals surface area contributed by atoms with Crippen LogP contribution in [0, 0.1) is 20.2 Å². The normalized spacial score (nSPS) is 10.7. The first-order valence-corrected chi connectivity index (χ1v) is 11.5. The van der Waals surface area contributed by atoms with Crippen LogP contribution in [0.4, 0.5) is 11.4 Å². The van der Waals surface area contributed by atoms with E-state index in [1.165, 1.54) is 0 Å². The van der Waals surface area contributed by atoms with E-state index in [2.05, 4.69) is 4.98 Å². The van der Waals surface area contributed by atoms with Gasteiger partial charge in [-0.1, -0.05) is 57.0 Å². The third kappa shape index (κ3) is 5.62. The number of ether oxygens (including phenoxy) is 2. The number of unbranched alkanes of at least 4 members (excludes halogenated alkanes) is 2. The SMILES string of the molecule is CCCCOC(=O)c1c(-c2ccccc2)nc2c([N+](=O)[O-])cc([N+](=O)[O-])cc2c1C(=O)OCCCC. The molecule has 0 saturated heterocycles. The summed E-state index contributed by atoms with van der Waals surface area (Å²) in [6.45, 7) is 3.91. The maximum Gasteiger partial charge on any atom is 0.341 e. The van der Waals surface area contributed by atoms with Gasteiger partial charge < -0.3 is 9.47 Å². The second kappa shape index (κ2) is 11.8. The average molecular weight is 495 g/mol. The Morgan fingerprint density at radius 3 is 1.97 bits per heavy atom. The predicted molar refractivity (Wildman–Crippen MR) is 131 cm³/mol. The van der Waals surface area contributed by atoms with Crippen LogP contribution in [0.25, 0.3) is 22.2 Å². The van der Waals surface area contributed by atoms with Crippen LogP contribution in [0.1, 0.15) is 60.2 Å². The van der Waals surface area contributed by atoms with Gasteiger partial charge in [0.15, 0.2) is 0 Å². The van der Waals surface area contributed by atoms with Gasteiger partial charge in [-0.05, 0) is 12.8 Å². The molecule has 0 aliphatic rings. The second-order valence-corrected chi connectivity index (χ2v) is 7.93. The highest BCUT2D eigenvalue weighted by Gasteiger charge is 2.33. The maximum atomic E-state index is 13.3. The van der Waals surface area contributed by atoms with Crippen LogP contribution >= 0.6 is 0 Å². The van der Waals surface area contributed by atoms with Crippen molar-refractivity contribution < 1.29 is 28.9 Å². The lowest BCUT2D eigenvalue weighted by Gasteiger charge is -2.16. The fourth-order valence-corrected chi connectivity index (χ4v) is 3.56. The number of carbonyl (C=O) groups is 2. The van der Waals surface area contributed by atoms with Gasteiger partial charge in [-0.3, -0.25) is 20.2 Å². The Hall–Kier alpha value is -4.41. The Morgan fingerprint density at radius 2 is 1.44 bits per heavy atom. The molecule has 11 nitrogen and oxygen atoms in total. The lowest BCUT2D eigenvalue weighted by atomic mass is 9.95. The molecule has 188 valence electrons. The topological polar surface area (TPSA) is 152 Å². The van der Waals surface area contributed by atoms with Crippen molar-refractivity contribution in [3.05, 3.63) is 73.8 Å². The van der Waals surface area contributed by atoms with Crippen molar-refractivity contribution >= 4 is 34.2 Å². The van der Waals surface area contributed by atoms with Crippen molar-refractivity contribution in [2.45, 2.75) is 39.5 Å². The predicted octanol–water partition coefficient (Wildman–Crippen LogP) is 5.63. The van der Waals surface area contributed by atoms with Crippen LogP contribution in [0.15, 0.2) is 42.5 Å². The molecule has 0 saturated carbocycles. The summed E-state index contributed by atoms with van der Waals surface area (Å²) >= 11 is 0. The Morgan fingerprint density at radius 1 is 0.861 bits per heavy atom. The Bertz CT molecular complexity index is 1310. The number of carbonyl (C=O) groups excluding carboxylic acids is 2. The molecule has 2 aromatic carbocycles. The van der Waals surface area contributed by atoms with Crippen LogP contribution in [0.5, 0.6) is 0 Å². The van der Waals surface area contributed by atoms with E-state index in [1.807, 2.05) is 13.8 Å². The van der Waals surface area contributed by atoms with Gasteiger partial charge in [0.2, 0.25) is 0 Å². The molecular weight excluding hydrogens is 470 g/mol. The molecule has 0 radical (unpaired) electrons. The molecule has 0 spiro atoms. The number of nitrogens with zero attached hydrogens (tertiary/aromatic N) is 3. The molecule has 0 bridgehead atoms. The molecule has 36 heavy (non-hydrogen) atoms. The van der Waals surface area contributed by atoms with E-state index in [0.717, 1.165) is 25.0 Å². The molecule has 11 heteroatoms. The molecule has 0 aliphatic carbocycles. The first-order chi connectivity index (χ1) is 17.3. The summed E-state index contributed by atoms with van der Waals surface area (Å²) in [6.07, 6.45) is 2.58. The van der Waals surface area contributed by atoms with E-state index in [0.29, 0.717) is 18.4 Å². The zero-order valence-corrected chi connectivity index (χ0v) is 19.9. The zero-order valence-electron chi connectivity index (χ0n) is 19.9. The molecule has 0 aliphatic heterocycles. The van der Waals surface area contributed by atoms with E-state index in [1.54, 1.807) is 30.3 Å². The lowest BCUT2D eigenvalue weighted by Crippen LogP contribution is -2.18. The third-order valence-electron chi connectivity index (χ3n) is 5.38. The molecule has 0 amide bonds. The minimum absolute atomic E-state index is 0.0241. The van der Waals surface area contributed by atoms with Crippen molar-refractivity contribution in [2.24, 2.45) is 0 Å². The summed E-state index contributed by atoms with van der Waals surface area (Å²) in [6, 6.07) is 10.1. The Kier molecular flexibility index (Phi) is 8.61. The van der Waals surface area contributed by atoms with Crippen LogP contribution in [0.2, 0.25) is 0 Å². The number of hydrogen-bond donors (Lipinski definition) is 0. The van der Waals surface area contributed by atoms with Crippen LogP contribution in [-0.2, 0) is 9.47 Å². The van der Waals surface area contributed by atoms with E-state index in [-0.39, 0.29) is 40.9 Å². The molecule has 1 aromatic heterocycles. The highest BCUT2D eigenvalue weighted by atomic mass is 16.6. The number of fused-ring (bicyclic) bond motifs is 1. The largest absolute Gasteiger partial charge is 0.462 e. The van der Waals surface area contributed by atoms with Crippen LogP contribution < -0.4 is 0 Å². The maximum absolute atomic E-state index is 13.3. The number of pyridine rings is 1. The number of nitro benzene ring substituents is 2. The molecule has 0 fully saturated rings. The average Bonchev–Trinajstić information content (AvgIpc) is 2.87. The minimum atomic E-state index is -0.953. The Labute approximate surface area is 206 Å². The van der Waals surface area contributed by atoms with E-state index < -0.39 is 33.2 Å². The summed E-state index contributed by atoms with van der Waals surface area (Å²) in [7, 11) is 0. The fourth-order valence-electron chi connectivity index (χ4n) is 3.56. The summed E-state index contributed by atoms with van der Waals surface area (Å²) in [4.78, 5) is 52.8. The van der Waals surface area contributed by atoms with Gasteiger partial charge in [-0.2, -0.15) is 0 Å². The monoisotopic (exact) mass is 495 g/mol. The summed E-state index contributed by atoms with van der Waals surface area (Å²) < 4.78 is 10.8. The number of aromatic nitrogens is 1. The number of benzene rings is 2. The molecule has 0 N–H and O–H groups in total. The van der Waals surface area contributed by atoms with Crippen LogP contribution in [-0.4, -0.2) is 40.0 Å².